The van der Waals surface area contributed by atoms with Gasteiger partial charge >= 0.3 is 6.03 Å². The number of anilines is 2. The van der Waals surface area contributed by atoms with Crippen LogP contribution in [0, 0.1) is 24.1 Å². The monoisotopic (exact) mass is 550 g/mol. The number of rotatable bonds is 6. The Morgan fingerprint density at radius 1 is 1.10 bits per heavy atom. The molecule has 3 aromatic heterocycles. The number of pyridine rings is 1. The van der Waals surface area contributed by atoms with Crippen LogP contribution in [0.25, 0.3) is 16.9 Å². The van der Waals surface area contributed by atoms with Crippen molar-refractivity contribution < 1.29 is 13.9 Å². The Kier molecular flexibility index (Phi) is 7.22. The molecule has 10 nitrogen and oxygen atoms in total. The predicted octanol–water partition coefficient (Wildman–Crippen LogP) is 6.71. The van der Waals surface area contributed by atoms with E-state index >= 15 is 0 Å². The average molecular weight is 551 g/mol. The normalized spacial score (nSPS) is 11.1. The van der Waals surface area contributed by atoms with Gasteiger partial charge in [0.2, 0.25) is 0 Å². The van der Waals surface area contributed by atoms with Crippen molar-refractivity contribution in [3.8, 4) is 34.5 Å². The molecule has 3 heterocycles. The lowest BCUT2D eigenvalue weighted by molar-refractivity contribution is 0.262. The molecule has 41 heavy (non-hydrogen) atoms. The summed E-state index contributed by atoms with van der Waals surface area (Å²) >= 11 is 0. The molecule has 2 amide bonds. The summed E-state index contributed by atoms with van der Waals surface area (Å²) in [5.74, 6) is 0.908. The van der Waals surface area contributed by atoms with E-state index in [1.807, 2.05) is 39.8 Å². The third-order valence-electron chi connectivity index (χ3n) is 6.22. The number of nitriles is 1. The Labute approximate surface area is 235 Å². The van der Waals surface area contributed by atoms with Gasteiger partial charge in [0.25, 0.3) is 0 Å². The van der Waals surface area contributed by atoms with Crippen LogP contribution in [0.4, 0.5) is 20.7 Å². The van der Waals surface area contributed by atoms with Gasteiger partial charge in [-0.2, -0.15) is 15.5 Å². The molecule has 5 rings (SSSR count). The third-order valence-corrected chi connectivity index (χ3v) is 6.22. The van der Waals surface area contributed by atoms with Crippen molar-refractivity contribution in [2.45, 2.75) is 33.1 Å². The highest BCUT2D eigenvalue weighted by Crippen LogP contribution is 2.30. The first-order valence-corrected chi connectivity index (χ1v) is 12.7. The number of urea groups is 1. The van der Waals surface area contributed by atoms with Gasteiger partial charge in [0, 0.05) is 47.3 Å². The summed E-state index contributed by atoms with van der Waals surface area (Å²) in [5.41, 5.74) is 3.59. The number of H-pyrrole nitrogens is 1. The molecule has 0 fully saturated rings. The second-order valence-electron chi connectivity index (χ2n) is 10.4. The fourth-order valence-corrected chi connectivity index (χ4v) is 4.03. The minimum absolute atomic E-state index is 0.0747. The quantitative estimate of drug-likeness (QED) is 0.215. The zero-order valence-corrected chi connectivity index (χ0v) is 22.9. The van der Waals surface area contributed by atoms with Crippen molar-refractivity contribution >= 4 is 17.5 Å². The predicted molar refractivity (Wildman–Crippen MR) is 153 cm³/mol. The molecule has 0 radical (unpaired) electrons. The van der Waals surface area contributed by atoms with Crippen LogP contribution in [0.5, 0.6) is 11.5 Å². The lowest BCUT2D eigenvalue weighted by Crippen LogP contribution is -2.21. The van der Waals surface area contributed by atoms with Crippen LogP contribution >= 0.6 is 0 Å². The molecule has 5 aromatic rings. The largest absolute Gasteiger partial charge is 0.457 e. The van der Waals surface area contributed by atoms with E-state index < -0.39 is 11.8 Å². The van der Waals surface area contributed by atoms with E-state index in [1.165, 1.54) is 16.8 Å². The Bertz CT molecular complexity index is 1760. The number of halogens is 1. The number of amides is 2. The lowest BCUT2D eigenvalue weighted by atomic mass is 9.92. The molecule has 0 unspecified atom stereocenters. The minimum Gasteiger partial charge on any atom is -0.457 e. The molecule has 206 valence electrons. The van der Waals surface area contributed by atoms with Gasteiger partial charge in [-0.25, -0.2) is 13.9 Å². The summed E-state index contributed by atoms with van der Waals surface area (Å²) in [5, 5.41) is 26.0. The summed E-state index contributed by atoms with van der Waals surface area (Å²) in [6, 6.07) is 16.1. The highest BCUT2D eigenvalue weighted by Gasteiger charge is 2.22. The van der Waals surface area contributed by atoms with E-state index in [0.717, 1.165) is 16.8 Å². The highest BCUT2D eigenvalue weighted by molar-refractivity contribution is 5.99. The summed E-state index contributed by atoms with van der Waals surface area (Å²) in [7, 11) is 0. The highest BCUT2D eigenvalue weighted by atomic mass is 19.1. The molecule has 0 spiro atoms. The van der Waals surface area contributed by atoms with Gasteiger partial charge in [-0.3, -0.25) is 15.4 Å². The number of hydrogen-bond acceptors (Lipinski definition) is 6. The molecule has 0 aliphatic heterocycles. The van der Waals surface area contributed by atoms with Gasteiger partial charge in [-0.05, 0) is 48.9 Å². The van der Waals surface area contributed by atoms with Crippen molar-refractivity contribution in [1.29, 1.82) is 5.26 Å². The zero-order chi connectivity index (χ0) is 29.1. The Morgan fingerprint density at radius 2 is 1.93 bits per heavy atom. The van der Waals surface area contributed by atoms with Crippen molar-refractivity contribution in [3.63, 3.8) is 0 Å². The number of nitrogens with one attached hydrogen (secondary N) is 3. The Hall–Kier alpha value is -5.50. The second-order valence-corrected chi connectivity index (χ2v) is 10.4. The lowest BCUT2D eigenvalue weighted by Gasteiger charge is -2.14. The summed E-state index contributed by atoms with van der Waals surface area (Å²) < 4.78 is 21.9. The first-order chi connectivity index (χ1) is 19.6. The van der Waals surface area contributed by atoms with Crippen LogP contribution in [-0.4, -0.2) is 31.0 Å². The van der Waals surface area contributed by atoms with Gasteiger partial charge in [-0.15, -0.1) is 0 Å². The molecule has 0 saturated heterocycles. The topological polar surface area (TPSA) is 134 Å². The van der Waals surface area contributed by atoms with E-state index in [9.17, 15) is 9.18 Å². The van der Waals surface area contributed by atoms with E-state index in [2.05, 4.69) is 30.9 Å². The summed E-state index contributed by atoms with van der Waals surface area (Å²) in [6.07, 6.45) is 5.10. The van der Waals surface area contributed by atoms with Gasteiger partial charge < -0.3 is 10.1 Å². The van der Waals surface area contributed by atoms with Crippen LogP contribution < -0.4 is 15.4 Å². The molecule has 0 saturated carbocycles. The van der Waals surface area contributed by atoms with Gasteiger partial charge in [0.15, 0.2) is 0 Å². The van der Waals surface area contributed by atoms with Crippen LogP contribution in [0.2, 0.25) is 0 Å². The molecular formula is C30H27FN8O2. The molecule has 2 aromatic carbocycles. The molecule has 11 heteroatoms. The number of carbonyl (C=O) groups is 1. The van der Waals surface area contributed by atoms with Gasteiger partial charge in [0.05, 0.1) is 28.8 Å². The molecule has 0 aliphatic carbocycles. The number of aryl methyl sites for hydroxylation is 1. The van der Waals surface area contributed by atoms with Gasteiger partial charge in [0.1, 0.15) is 29.2 Å². The molecular weight excluding hydrogens is 523 g/mol. The molecule has 0 bridgehead atoms. The van der Waals surface area contributed by atoms with Crippen LogP contribution in [0.1, 0.15) is 37.6 Å². The fraction of sp³-hybridized carbons (Fsp3) is 0.167. The van der Waals surface area contributed by atoms with Crippen LogP contribution in [0.3, 0.4) is 0 Å². The van der Waals surface area contributed by atoms with Crippen LogP contribution in [-0.2, 0) is 5.41 Å². The number of carbonyl (C=O) groups excluding carboxylic acids is 1. The average Bonchev–Trinajstić information content (AvgIpc) is 3.61. The summed E-state index contributed by atoms with van der Waals surface area (Å²) in [6.45, 7) is 7.83. The maximum Gasteiger partial charge on any atom is 0.324 e. The fourth-order valence-electron chi connectivity index (χ4n) is 4.03. The molecule has 3 N–H and O–H groups in total. The standard InChI is InChI=1S/C30H27FN8O2/c1-18-11-21(6-8-26(18)41-23-9-10-33-25(13-23)20-16-34-35-17-20)36-29(40)37-28-14-27(30(2,3)4)38-39(28)22-7-5-19(15-32)24(31)12-22/h5-14,16-17H,1-4H3,(H,34,35)(H2,36,37,40). The van der Waals surface area contributed by atoms with E-state index in [4.69, 9.17) is 10.00 Å². The maximum atomic E-state index is 14.4. The van der Waals surface area contributed by atoms with Crippen molar-refractivity contribution in [1.82, 2.24) is 25.0 Å². The smallest absolute Gasteiger partial charge is 0.324 e. The number of ether oxygens (including phenoxy) is 1. The maximum absolute atomic E-state index is 14.4. The number of benzene rings is 2. The number of hydrogen-bond donors (Lipinski definition) is 3. The van der Waals surface area contributed by atoms with Gasteiger partial charge in [-0.1, -0.05) is 20.8 Å². The molecule has 0 aliphatic rings. The van der Waals surface area contributed by atoms with E-state index in [-0.39, 0.29) is 11.0 Å². The SMILES string of the molecule is Cc1cc(NC(=O)Nc2cc(C(C)(C)C)nn2-c2ccc(C#N)c(F)c2)ccc1Oc1ccnc(-c2cn[nH]c2)c1. The first kappa shape index (κ1) is 27.1. The van der Waals surface area contributed by atoms with Crippen molar-refractivity contribution in [3.05, 3.63) is 95.8 Å². The first-order valence-electron chi connectivity index (χ1n) is 12.7. The number of aromatic nitrogens is 5. The number of aromatic amines is 1. The molecule has 0 atom stereocenters. The zero-order valence-electron chi connectivity index (χ0n) is 22.9. The van der Waals surface area contributed by atoms with E-state index in [0.29, 0.717) is 34.4 Å². The second kappa shape index (κ2) is 10.9. The minimum atomic E-state index is -0.671. The Balaban J connectivity index is 1.32. The Morgan fingerprint density at radius 3 is 2.61 bits per heavy atom. The van der Waals surface area contributed by atoms with Crippen molar-refractivity contribution in [2.24, 2.45) is 0 Å². The number of nitrogens with zero attached hydrogens (tertiary/aromatic N) is 5. The van der Waals surface area contributed by atoms with Crippen LogP contribution in [0.15, 0.2) is 73.2 Å². The third kappa shape index (κ3) is 6.07. The van der Waals surface area contributed by atoms with Crippen molar-refractivity contribution in [2.75, 3.05) is 10.6 Å². The van der Waals surface area contributed by atoms with E-state index in [1.54, 1.807) is 55.0 Å². The summed E-state index contributed by atoms with van der Waals surface area (Å²) in [4.78, 5) is 17.3.